The van der Waals surface area contributed by atoms with Gasteiger partial charge < -0.3 is 4.98 Å². The molecule has 13 heavy (non-hydrogen) atoms. The molecule has 2 rings (SSSR count). The van der Waals surface area contributed by atoms with Crippen molar-refractivity contribution < 1.29 is 0 Å². The fraction of sp³-hybridized carbons (Fsp3) is 0. The number of aromatic amines is 1. The van der Waals surface area contributed by atoms with E-state index in [1.54, 1.807) is 12.1 Å². The van der Waals surface area contributed by atoms with Gasteiger partial charge in [-0.2, -0.15) is 0 Å². The van der Waals surface area contributed by atoms with Crippen molar-refractivity contribution >= 4 is 38.4 Å². The highest BCUT2D eigenvalue weighted by Crippen LogP contribution is 2.25. The van der Waals surface area contributed by atoms with Gasteiger partial charge in [0.05, 0.1) is 22.3 Å². The van der Waals surface area contributed by atoms with Crippen molar-refractivity contribution in [3.05, 3.63) is 38.3 Å². The molecule has 0 saturated carbocycles. The molecule has 5 heteroatoms. The molecule has 0 unspecified atom stereocenters. The van der Waals surface area contributed by atoms with Gasteiger partial charge in [-0.15, -0.1) is 0 Å². The molecule has 0 spiro atoms. The molecule has 0 radical (unpaired) electrons. The molecule has 0 aliphatic heterocycles. The minimum absolute atomic E-state index is 0.164. The van der Waals surface area contributed by atoms with Crippen molar-refractivity contribution in [1.29, 1.82) is 0 Å². The molecule has 0 aliphatic rings. The fourth-order valence-electron chi connectivity index (χ4n) is 1.06. The lowest BCUT2D eigenvalue weighted by Crippen LogP contribution is -2.05. The number of hydrogen-bond acceptors (Lipinski definition) is 2. The zero-order valence-electron chi connectivity index (χ0n) is 6.34. The van der Waals surface area contributed by atoms with Crippen LogP contribution in [0, 0.1) is 0 Å². The van der Waals surface area contributed by atoms with Crippen LogP contribution in [0.1, 0.15) is 0 Å². The molecule has 1 aromatic carbocycles. The van der Waals surface area contributed by atoms with Crippen molar-refractivity contribution in [2.75, 3.05) is 0 Å². The Bertz CT molecular complexity index is 523. The standard InChI is InChI=1S/C8H4BrClN2O/c9-5-1-4-7(2-6(5)10)11-3-12-8(4)13/h1-3H,(H,11,12,13). The number of aromatic nitrogens is 2. The summed E-state index contributed by atoms with van der Waals surface area (Å²) in [6.45, 7) is 0. The van der Waals surface area contributed by atoms with Crippen LogP contribution in [0.4, 0.5) is 0 Å². The third-order valence-corrected chi connectivity index (χ3v) is 2.88. The second-order valence-corrected chi connectivity index (χ2v) is 3.78. The second-order valence-electron chi connectivity index (χ2n) is 2.52. The van der Waals surface area contributed by atoms with Crippen LogP contribution in [0.25, 0.3) is 10.9 Å². The van der Waals surface area contributed by atoms with Crippen LogP contribution in [0.15, 0.2) is 27.7 Å². The lowest BCUT2D eigenvalue weighted by Gasteiger charge is -1.98. The minimum atomic E-state index is -0.164. The normalized spacial score (nSPS) is 10.6. The van der Waals surface area contributed by atoms with Gasteiger partial charge in [-0.1, -0.05) is 11.6 Å². The predicted octanol–water partition coefficient (Wildman–Crippen LogP) is 2.34. The zero-order valence-corrected chi connectivity index (χ0v) is 8.69. The Kier molecular flexibility index (Phi) is 2.09. The third kappa shape index (κ3) is 1.47. The summed E-state index contributed by atoms with van der Waals surface area (Å²) in [6, 6.07) is 3.31. The van der Waals surface area contributed by atoms with Crippen LogP contribution in [0.2, 0.25) is 5.02 Å². The first-order valence-corrected chi connectivity index (χ1v) is 4.68. The quantitative estimate of drug-likeness (QED) is 0.789. The van der Waals surface area contributed by atoms with Crippen molar-refractivity contribution in [2.45, 2.75) is 0 Å². The highest BCUT2D eigenvalue weighted by Gasteiger charge is 2.03. The number of nitrogens with one attached hydrogen (secondary N) is 1. The lowest BCUT2D eigenvalue weighted by molar-refractivity contribution is 1.17. The van der Waals surface area contributed by atoms with E-state index in [4.69, 9.17) is 11.6 Å². The maximum atomic E-state index is 11.3. The summed E-state index contributed by atoms with van der Waals surface area (Å²) in [6.07, 6.45) is 1.36. The first kappa shape index (κ1) is 8.72. The van der Waals surface area contributed by atoms with Crippen molar-refractivity contribution in [1.82, 2.24) is 9.97 Å². The Morgan fingerprint density at radius 2 is 2.23 bits per heavy atom. The van der Waals surface area contributed by atoms with Gasteiger partial charge in [-0.05, 0) is 28.1 Å². The van der Waals surface area contributed by atoms with E-state index in [1.165, 1.54) is 6.33 Å². The number of nitrogens with zero attached hydrogens (tertiary/aromatic N) is 1. The molecule has 2 aromatic rings. The molecular formula is C8H4BrClN2O. The number of benzene rings is 1. The van der Waals surface area contributed by atoms with Crippen molar-refractivity contribution in [2.24, 2.45) is 0 Å². The highest BCUT2D eigenvalue weighted by atomic mass is 79.9. The first-order valence-electron chi connectivity index (χ1n) is 3.51. The van der Waals surface area contributed by atoms with Crippen LogP contribution in [0.3, 0.4) is 0 Å². The van der Waals surface area contributed by atoms with Crippen LogP contribution < -0.4 is 5.56 Å². The van der Waals surface area contributed by atoms with E-state index in [9.17, 15) is 4.79 Å². The summed E-state index contributed by atoms with van der Waals surface area (Å²) >= 11 is 9.08. The van der Waals surface area contributed by atoms with Crippen LogP contribution in [-0.2, 0) is 0 Å². The highest BCUT2D eigenvalue weighted by molar-refractivity contribution is 9.10. The Balaban J connectivity index is 2.97. The van der Waals surface area contributed by atoms with Gasteiger partial charge in [0.2, 0.25) is 0 Å². The lowest BCUT2D eigenvalue weighted by atomic mass is 10.2. The molecule has 3 nitrogen and oxygen atoms in total. The summed E-state index contributed by atoms with van der Waals surface area (Å²) in [5, 5.41) is 1.07. The third-order valence-electron chi connectivity index (χ3n) is 1.68. The number of H-pyrrole nitrogens is 1. The van der Waals surface area contributed by atoms with Gasteiger partial charge >= 0.3 is 0 Å². The Morgan fingerprint density at radius 1 is 1.46 bits per heavy atom. The number of hydrogen-bond donors (Lipinski definition) is 1. The Hall–Kier alpha value is -0.870. The Labute approximate surface area is 86.9 Å². The SMILES string of the molecule is O=c1[nH]cnc2cc(Cl)c(Br)cc12. The minimum Gasteiger partial charge on any atom is -0.313 e. The molecule has 0 bridgehead atoms. The van der Waals surface area contributed by atoms with Gasteiger partial charge in [-0.3, -0.25) is 4.79 Å². The molecule has 0 saturated heterocycles. The van der Waals surface area contributed by atoms with Crippen LogP contribution >= 0.6 is 27.5 Å². The van der Waals surface area contributed by atoms with Crippen LogP contribution in [0.5, 0.6) is 0 Å². The molecule has 0 aliphatic carbocycles. The van der Waals surface area contributed by atoms with E-state index in [2.05, 4.69) is 25.9 Å². The number of rotatable bonds is 0. The fourth-order valence-corrected chi connectivity index (χ4v) is 1.56. The molecular weight excluding hydrogens is 255 g/mol. The van der Waals surface area contributed by atoms with E-state index in [-0.39, 0.29) is 5.56 Å². The molecule has 0 fully saturated rings. The topological polar surface area (TPSA) is 45.8 Å². The van der Waals surface area contributed by atoms with Crippen LogP contribution in [-0.4, -0.2) is 9.97 Å². The molecule has 1 aromatic heterocycles. The summed E-state index contributed by atoms with van der Waals surface area (Å²) < 4.78 is 0.695. The average molecular weight is 259 g/mol. The maximum absolute atomic E-state index is 11.3. The van der Waals surface area contributed by atoms with Gasteiger partial charge in [0, 0.05) is 4.47 Å². The summed E-state index contributed by atoms with van der Waals surface area (Å²) in [5.41, 5.74) is 0.430. The molecule has 66 valence electrons. The van der Waals surface area contributed by atoms with Crippen molar-refractivity contribution in [3.63, 3.8) is 0 Å². The van der Waals surface area contributed by atoms with Gasteiger partial charge in [0.1, 0.15) is 0 Å². The molecule has 0 atom stereocenters. The van der Waals surface area contributed by atoms with E-state index in [0.717, 1.165) is 0 Å². The van der Waals surface area contributed by atoms with E-state index >= 15 is 0 Å². The van der Waals surface area contributed by atoms with E-state index in [0.29, 0.717) is 20.4 Å². The van der Waals surface area contributed by atoms with Crippen molar-refractivity contribution in [3.8, 4) is 0 Å². The Morgan fingerprint density at radius 3 is 3.00 bits per heavy atom. The predicted molar refractivity (Wildman–Crippen MR) is 55.1 cm³/mol. The average Bonchev–Trinajstić information content (AvgIpc) is 2.09. The maximum Gasteiger partial charge on any atom is 0.258 e. The monoisotopic (exact) mass is 258 g/mol. The molecule has 1 heterocycles. The molecule has 1 N–H and O–H groups in total. The van der Waals surface area contributed by atoms with E-state index < -0.39 is 0 Å². The van der Waals surface area contributed by atoms with Gasteiger partial charge in [0.15, 0.2) is 0 Å². The van der Waals surface area contributed by atoms with Gasteiger partial charge in [-0.25, -0.2) is 4.98 Å². The van der Waals surface area contributed by atoms with E-state index in [1.807, 2.05) is 0 Å². The zero-order chi connectivity index (χ0) is 9.42. The smallest absolute Gasteiger partial charge is 0.258 e. The number of fused-ring (bicyclic) bond motifs is 1. The molecule has 0 amide bonds. The summed E-state index contributed by atoms with van der Waals surface area (Å²) in [4.78, 5) is 17.8. The largest absolute Gasteiger partial charge is 0.313 e. The first-order chi connectivity index (χ1) is 6.18. The second kappa shape index (κ2) is 3.12. The summed E-state index contributed by atoms with van der Waals surface area (Å²) in [7, 11) is 0. The van der Waals surface area contributed by atoms with Gasteiger partial charge in [0.25, 0.3) is 5.56 Å². The number of halogens is 2. The summed E-state index contributed by atoms with van der Waals surface area (Å²) in [5.74, 6) is 0.